The normalized spacial score (nSPS) is 17.2. The predicted octanol–water partition coefficient (Wildman–Crippen LogP) is 3.28. The molecule has 88 valence electrons. The number of hydrogen-bond acceptors (Lipinski definition) is 3. The largest absolute Gasteiger partial charge is 0.317 e. The number of piperidine rings is 1. The molecule has 1 aliphatic rings. The van der Waals surface area contributed by atoms with Gasteiger partial charge in [0.25, 0.3) is 0 Å². The number of hydrogen-bond donors (Lipinski definition) is 1. The zero-order chi connectivity index (χ0) is 11.5. The summed E-state index contributed by atoms with van der Waals surface area (Å²) >= 11 is 1.85. The van der Waals surface area contributed by atoms with Gasteiger partial charge >= 0.3 is 0 Å². The average Bonchev–Trinajstić information content (AvgIpc) is 2.90. The number of nitrogens with zero attached hydrogens (tertiary/aromatic N) is 1. The van der Waals surface area contributed by atoms with Gasteiger partial charge in [-0.1, -0.05) is 30.3 Å². The maximum atomic E-state index is 4.56. The molecule has 0 radical (unpaired) electrons. The lowest BCUT2D eigenvalue weighted by molar-refractivity contribution is 0.465. The van der Waals surface area contributed by atoms with Gasteiger partial charge in [0.15, 0.2) is 0 Å². The second-order valence-electron chi connectivity index (χ2n) is 4.46. The topological polar surface area (TPSA) is 24.9 Å². The van der Waals surface area contributed by atoms with Crippen LogP contribution in [0.1, 0.15) is 23.6 Å². The molecular formula is C14H16N2S. The highest BCUT2D eigenvalue weighted by atomic mass is 32.1. The van der Waals surface area contributed by atoms with Gasteiger partial charge in [-0.05, 0) is 31.8 Å². The minimum atomic E-state index is 0.714. The van der Waals surface area contributed by atoms with Crippen LogP contribution in [0.25, 0.3) is 10.6 Å². The smallest absolute Gasteiger partial charge is 0.123 e. The first-order valence-electron chi connectivity index (χ1n) is 6.15. The lowest BCUT2D eigenvalue weighted by atomic mass is 9.97. The molecule has 17 heavy (non-hydrogen) atoms. The van der Waals surface area contributed by atoms with Crippen LogP contribution in [0.2, 0.25) is 0 Å². The van der Waals surface area contributed by atoms with Gasteiger partial charge in [0.1, 0.15) is 5.01 Å². The summed E-state index contributed by atoms with van der Waals surface area (Å²) in [7, 11) is 0. The van der Waals surface area contributed by atoms with Crippen molar-refractivity contribution in [1.29, 1.82) is 0 Å². The van der Waals surface area contributed by atoms with E-state index in [2.05, 4.69) is 40.8 Å². The fourth-order valence-corrected chi connectivity index (χ4v) is 3.39. The molecule has 3 heteroatoms. The third-order valence-electron chi connectivity index (χ3n) is 3.29. The van der Waals surface area contributed by atoms with Crippen LogP contribution in [-0.4, -0.2) is 18.1 Å². The van der Waals surface area contributed by atoms with Crippen molar-refractivity contribution in [1.82, 2.24) is 10.3 Å². The van der Waals surface area contributed by atoms with Crippen molar-refractivity contribution in [2.75, 3.05) is 13.1 Å². The van der Waals surface area contributed by atoms with E-state index in [4.69, 9.17) is 0 Å². The average molecular weight is 244 g/mol. The fraction of sp³-hybridized carbons (Fsp3) is 0.357. The minimum Gasteiger partial charge on any atom is -0.317 e. The number of rotatable bonds is 2. The van der Waals surface area contributed by atoms with E-state index >= 15 is 0 Å². The van der Waals surface area contributed by atoms with Gasteiger partial charge in [-0.25, -0.2) is 4.98 Å². The van der Waals surface area contributed by atoms with E-state index in [0.717, 1.165) is 18.1 Å². The Morgan fingerprint density at radius 1 is 1.12 bits per heavy atom. The number of nitrogens with one attached hydrogen (secondary N) is 1. The Balaban J connectivity index is 1.83. The SMILES string of the molecule is c1ccc(-c2ncc(C3CCNCC3)s2)cc1. The Morgan fingerprint density at radius 3 is 2.65 bits per heavy atom. The maximum Gasteiger partial charge on any atom is 0.123 e. The van der Waals surface area contributed by atoms with E-state index in [0.29, 0.717) is 5.92 Å². The molecular weight excluding hydrogens is 228 g/mol. The van der Waals surface area contributed by atoms with E-state index in [1.807, 2.05) is 17.4 Å². The molecule has 1 aromatic carbocycles. The second-order valence-corrected chi connectivity index (χ2v) is 5.52. The molecule has 1 N–H and O–H groups in total. The molecule has 1 aliphatic heterocycles. The Bertz CT molecular complexity index is 472. The molecule has 1 aromatic heterocycles. The van der Waals surface area contributed by atoms with Crippen LogP contribution in [0, 0.1) is 0 Å². The van der Waals surface area contributed by atoms with Gasteiger partial charge in [0.2, 0.25) is 0 Å². The van der Waals surface area contributed by atoms with Gasteiger partial charge in [-0.3, -0.25) is 0 Å². The molecule has 1 fully saturated rings. The molecule has 0 unspecified atom stereocenters. The monoisotopic (exact) mass is 244 g/mol. The quantitative estimate of drug-likeness (QED) is 0.877. The molecule has 2 nitrogen and oxygen atoms in total. The molecule has 0 spiro atoms. The number of thiazole rings is 1. The van der Waals surface area contributed by atoms with Crippen LogP contribution < -0.4 is 5.32 Å². The zero-order valence-electron chi connectivity index (χ0n) is 9.73. The molecule has 2 aromatic rings. The highest BCUT2D eigenvalue weighted by molar-refractivity contribution is 7.15. The van der Waals surface area contributed by atoms with Crippen molar-refractivity contribution in [3.8, 4) is 10.6 Å². The van der Waals surface area contributed by atoms with Crippen LogP contribution in [0.3, 0.4) is 0 Å². The molecule has 0 amide bonds. The molecule has 1 saturated heterocycles. The van der Waals surface area contributed by atoms with E-state index in [-0.39, 0.29) is 0 Å². The van der Waals surface area contributed by atoms with Crippen LogP contribution in [-0.2, 0) is 0 Å². The third kappa shape index (κ3) is 2.40. The summed E-state index contributed by atoms with van der Waals surface area (Å²) in [6, 6.07) is 10.4. The lowest BCUT2D eigenvalue weighted by Crippen LogP contribution is -2.26. The Morgan fingerprint density at radius 2 is 1.88 bits per heavy atom. The summed E-state index contributed by atoms with van der Waals surface area (Å²) in [4.78, 5) is 6.01. The minimum absolute atomic E-state index is 0.714. The summed E-state index contributed by atoms with van der Waals surface area (Å²) in [6.07, 6.45) is 4.57. The van der Waals surface area contributed by atoms with Crippen molar-refractivity contribution >= 4 is 11.3 Å². The maximum absolute atomic E-state index is 4.56. The number of benzene rings is 1. The molecule has 0 atom stereocenters. The van der Waals surface area contributed by atoms with E-state index in [9.17, 15) is 0 Å². The second kappa shape index (κ2) is 4.98. The van der Waals surface area contributed by atoms with Crippen LogP contribution >= 0.6 is 11.3 Å². The van der Waals surface area contributed by atoms with Crippen LogP contribution in [0.4, 0.5) is 0 Å². The highest BCUT2D eigenvalue weighted by Crippen LogP contribution is 2.33. The third-order valence-corrected chi connectivity index (χ3v) is 4.49. The van der Waals surface area contributed by atoms with Crippen molar-refractivity contribution in [3.63, 3.8) is 0 Å². The number of aromatic nitrogens is 1. The molecule has 0 bridgehead atoms. The van der Waals surface area contributed by atoms with Crippen molar-refractivity contribution in [2.24, 2.45) is 0 Å². The van der Waals surface area contributed by atoms with Gasteiger partial charge in [-0.2, -0.15) is 0 Å². The van der Waals surface area contributed by atoms with E-state index in [1.165, 1.54) is 23.3 Å². The summed E-state index contributed by atoms with van der Waals surface area (Å²) in [5.74, 6) is 0.714. The lowest BCUT2D eigenvalue weighted by Gasteiger charge is -2.20. The first-order chi connectivity index (χ1) is 8.43. The zero-order valence-corrected chi connectivity index (χ0v) is 10.5. The standard InChI is InChI=1S/C14H16N2S/c1-2-4-12(5-3-1)14-16-10-13(17-14)11-6-8-15-9-7-11/h1-5,10-11,15H,6-9H2. The Hall–Kier alpha value is -1.19. The first kappa shape index (κ1) is 10.9. The van der Waals surface area contributed by atoms with Gasteiger partial charge in [0, 0.05) is 16.6 Å². The summed E-state index contributed by atoms with van der Waals surface area (Å²) < 4.78 is 0. The van der Waals surface area contributed by atoms with E-state index < -0.39 is 0 Å². The molecule has 0 aliphatic carbocycles. The fourth-order valence-electron chi connectivity index (χ4n) is 2.30. The van der Waals surface area contributed by atoms with Gasteiger partial charge < -0.3 is 5.32 Å². The van der Waals surface area contributed by atoms with Crippen LogP contribution in [0.5, 0.6) is 0 Å². The molecule has 3 rings (SSSR count). The highest BCUT2D eigenvalue weighted by Gasteiger charge is 2.17. The van der Waals surface area contributed by atoms with Gasteiger partial charge in [-0.15, -0.1) is 11.3 Å². The van der Waals surface area contributed by atoms with E-state index in [1.54, 1.807) is 0 Å². The molecule has 0 saturated carbocycles. The van der Waals surface area contributed by atoms with Crippen LogP contribution in [0.15, 0.2) is 36.5 Å². The first-order valence-corrected chi connectivity index (χ1v) is 6.97. The summed E-state index contributed by atoms with van der Waals surface area (Å²) in [6.45, 7) is 2.28. The Kier molecular flexibility index (Phi) is 3.20. The van der Waals surface area contributed by atoms with Crippen molar-refractivity contribution < 1.29 is 0 Å². The van der Waals surface area contributed by atoms with Gasteiger partial charge in [0.05, 0.1) is 0 Å². The summed E-state index contributed by atoms with van der Waals surface area (Å²) in [5, 5.41) is 4.56. The van der Waals surface area contributed by atoms with Crippen molar-refractivity contribution in [2.45, 2.75) is 18.8 Å². The summed E-state index contributed by atoms with van der Waals surface area (Å²) in [5.41, 5.74) is 1.23. The predicted molar refractivity (Wildman–Crippen MR) is 72.4 cm³/mol. The molecule has 2 heterocycles. The van der Waals surface area contributed by atoms with Crippen molar-refractivity contribution in [3.05, 3.63) is 41.4 Å². The Labute approximate surface area is 106 Å².